The summed E-state index contributed by atoms with van der Waals surface area (Å²) in [6.07, 6.45) is 1.64. The van der Waals surface area contributed by atoms with Gasteiger partial charge in [-0.25, -0.2) is 4.98 Å². The maximum Gasteiger partial charge on any atom is 0.215 e. The molecule has 0 bridgehead atoms. The van der Waals surface area contributed by atoms with Crippen molar-refractivity contribution in [3.8, 4) is 5.88 Å². The summed E-state index contributed by atoms with van der Waals surface area (Å²) in [5.41, 5.74) is 6.26. The third kappa shape index (κ3) is 2.23. The Labute approximate surface area is 86.2 Å². The number of rotatable bonds is 3. The van der Waals surface area contributed by atoms with Crippen LogP contribution in [-0.2, 0) is 6.61 Å². The second kappa shape index (κ2) is 4.11. The molecule has 0 aliphatic heterocycles. The molecule has 3 nitrogen and oxygen atoms in total. The molecular weight excluding hydrogens is 196 g/mol. The topological polar surface area (TPSA) is 48.1 Å². The predicted molar refractivity (Wildman–Crippen MR) is 57.3 cm³/mol. The van der Waals surface area contributed by atoms with Crippen molar-refractivity contribution in [2.45, 2.75) is 6.61 Å². The Bertz CT molecular complexity index is 400. The van der Waals surface area contributed by atoms with Crippen molar-refractivity contribution in [1.29, 1.82) is 0 Å². The van der Waals surface area contributed by atoms with Gasteiger partial charge in [0.2, 0.25) is 5.88 Å². The van der Waals surface area contributed by atoms with Crippen LogP contribution in [0.25, 0.3) is 0 Å². The molecule has 0 radical (unpaired) electrons. The Morgan fingerprint density at radius 3 is 3.07 bits per heavy atom. The van der Waals surface area contributed by atoms with Gasteiger partial charge in [0.1, 0.15) is 6.61 Å². The molecule has 2 aromatic heterocycles. The van der Waals surface area contributed by atoms with E-state index in [9.17, 15) is 0 Å². The van der Waals surface area contributed by atoms with Gasteiger partial charge in [0.25, 0.3) is 0 Å². The monoisotopic (exact) mass is 206 g/mol. The molecule has 0 saturated carbocycles. The Kier molecular flexibility index (Phi) is 2.65. The van der Waals surface area contributed by atoms with Crippen LogP contribution in [0.4, 0.5) is 5.69 Å². The van der Waals surface area contributed by atoms with E-state index in [1.807, 2.05) is 17.5 Å². The van der Waals surface area contributed by atoms with E-state index in [2.05, 4.69) is 4.98 Å². The number of ether oxygens (including phenoxy) is 1. The van der Waals surface area contributed by atoms with E-state index in [-0.39, 0.29) is 0 Å². The molecule has 2 N–H and O–H groups in total. The molecule has 0 aromatic carbocycles. The second-order valence-corrected chi connectivity index (χ2v) is 3.83. The van der Waals surface area contributed by atoms with E-state index < -0.39 is 0 Å². The maximum atomic E-state index is 5.59. The highest BCUT2D eigenvalue weighted by atomic mass is 32.1. The normalized spacial score (nSPS) is 10.0. The standard InChI is InChI=1S/C10H10N2OS/c11-8-3-4-12-10(6-8)13-7-9-2-1-5-14-9/h1-6H,7H2,(H2,11,12). The van der Waals surface area contributed by atoms with Crippen LogP contribution >= 0.6 is 11.3 Å². The van der Waals surface area contributed by atoms with Crippen LogP contribution in [0.1, 0.15) is 4.88 Å². The maximum absolute atomic E-state index is 5.59. The quantitative estimate of drug-likeness (QED) is 0.838. The van der Waals surface area contributed by atoms with E-state index in [1.54, 1.807) is 29.7 Å². The van der Waals surface area contributed by atoms with Crippen LogP contribution in [0.15, 0.2) is 35.8 Å². The lowest BCUT2D eigenvalue weighted by molar-refractivity contribution is 0.297. The summed E-state index contributed by atoms with van der Waals surface area (Å²) in [5.74, 6) is 0.568. The van der Waals surface area contributed by atoms with Gasteiger partial charge in [-0.15, -0.1) is 11.3 Å². The van der Waals surface area contributed by atoms with Crippen LogP contribution in [-0.4, -0.2) is 4.98 Å². The summed E-state index contributed by atoms with van der Waals surface area (Å²) in [6, 6.07) is 7.47. The minimum atomic E-state index is 0.550. The first-order valence-electron chi connectivity index (χ1n) is 4.21. The molecule has 14 heavy (non-hydrogen) atoms. The molecular formula is C10H10N2OS. The molecule has 2 rings (SSSR count). The van der Waals surface area contributed by atoms with Crippen LogP contribution in [0.2, 0.25) is 0 Å². The third-order valence-electron chi connectivity index (χ3n) is 1.70. The molecule has 0 aliphatic rings. The molecule has 2 aromatic rings. The molecule has 4 heteroatoms. The van der Waals surface area contributed by atoms with Crippen LogP contribution in [0.5, 0.6) is 5.88 Å². The fraction of sp³-hybridized carbons (Fsp3) is 0.100. The van der Waals surface area contributed by atoms with Gasteiger partial charge < -0.3 is 10.5 Å². The first-order chi connectivity index (χ1) is 6.84. The van der Waals surface area contributed by atoms with Crippen molar-refractivity contribution in [3.63, 3.8) is 0 Å². The number of thiophene rings is 1. The van der Waals surface area contributed by atoms with Gasteiger partial charge in [0.05, 0.1) is 0 Å². The van der Waals surface area contributed by atoms with Gasteiger partial charge in [0.15, 0.2) is 0 Å². The molecule has 0 saturated heterocycles. The number of nitrogens with two attached hydrogens (primary N) is 1. The lowest BCUT2D eigenvalue weighted by Crippen LogP contribution is -1.96. The van der Waals surface area contributed by atoms with Gasteiger partial charge in [-0.2, -0.15) is 0 Å². The van der Waals surface area contributed by atoms with Gasteiger partial charge in [-0.05, 0) is 17.5 Å². The molecule has 0 atom stereocenters. The lowest BCUT2D eigenvalue weighted by Gasteiger charge is -2.03. The summed E-state index contributed by atoms with van der Waals surface area (Å²) < 4.78 is 5.45. The summed E-state index contributed by atoms with van der Waals surface area (Å²) in [7, 11) is 0. The number of pyridine rings is 1. The number of anilines is 1. The highest BCUT2D eigenvalue weighted by molar-refractivity contribution is 7.09. The summed E-state index contributed by atoms with van der Waals surface area (Å²) in [4.78, 5) is 5.22. The average molecular weight is 206 g/mol. The zero-order valence-electron chi connectivity index (χ0n) is 7.51. The van der Waals surface area contributed by atoms with E-state index >= 15 is 0 Å². The number of aromatic nitrogens is 1. The predicted octanol–water partition coefficient (Wildman–Crippen LogP) is 2.30. The summed E-state index contributed by atoms with van der Waals surface area (Å²) in [5, 5.41) is 2.02. The molecule has 2 heterocycles. The Hall–Kier alpha value is -1.55. The lowest BCUT2D eigenvalue weighted by atomic mass is 10.4. The van der Waals surface area contributed by atoms with E-state index in [0.717, 1.165) is 0 Å². The van der Waals surface area contributed by atoms with Gasteiger partial charge in [-0.1, -0.05) is 6.07 Å². The minimum Gasteiger partial charge on any atom is -0.472 e. The van der Waals surface area contributed by atoms with Gasteiger partial charge >= 0.3 is 0 Å². The number of hydrogen-bond donors (Lipinski definition) is 1. The van der Waals surface area contributed by atoms with E-state index in [0.29, 0.717) is 18.2 Å². The summed E-state index contributed by atoms with van der Waals surface area (Å²) >= 11 is 1.66. The average Bonchev–Trinajstić information content (AvgIpc) is 2.67. The number of hydrogen-bond acceptors (Lipinski definition) is 4. The molecule has 0 fully saturated rings. The zero-order chi connectivity index (χ0) is 9.80. The second-order valence-electron chi connectivity index (χ2n) is 2.80. The van der Waals surface area contributed by atoms with Crippen molar-refractivity contribution in [2.24, 2.45) is 0 Å². The largest absolute Gasteiger partial charge is 0.472 e. The molecule has 72 valence electrons. The van der Waals surface area contributed by atoms with Gasteiger partial charge in [0, 0.05) is 22.8 Å². The number of nitrogens with zero attached hydrogens (tertiary/aromatic N) is 1. The van der Waals surface area contributed by atoms with Crippen molar-refractivity contribution >= 4 is 17.0 Å². The zero-order valence-corrected chi connectivity index (χ0v) is 8.33. The highest BCUT2D eigenvalue weighted by Gasteiger charge is 1.97. The first-order valence-corrected chi connectivity index (χ1v) is 5.09. The molecule has 0 spiro atoms. The summed E-state index contributed by atoms with van der Waals surface area (Å²) in [6.45, 7) is 0.550. The molecule has 0 amide bonds. The van der Waals surface area contributed by atoms with Crippen molar-refractivity contribution in [1.82, 2.24) is 4.98 Å². The van der Waals surface area contributed by atoms with Crippen molar-refractivity contribution in [3.05, 3.63) is 40.7 Å². The van der Waals surface area contributed by atoms with Crippen molar-refractivity contribution in [2.75, 3.05) is 5.73 Å². The molecule has 0 unspecified atom stereocenters. The highest BCUT2D eigenvalue weighted by Crippen LogP contribution is 2.14. The smallest absolute Gasteiger partial charge is 0.215 e. The fourth-order valence-electron chi connectivity index (χ4n) is 1.04. The van der Waals surface area contributed by atoms with Crippen LogP contribution in [0.3, 0.4) is 0 Å². The first kappa shape index (κ1) is 9.02. The number of nitrogen functional groups attached to an aromatic ring is 1. The molecule has 0 aliphatic carbocycles. The third-order valence-corrected chi connectivity index (χ3v) is 2.55. The fourth-order valence-corrected chi connectivity index (χ4v) is 1.66. The van der Waals surface area contributed by atoms with Crippen molar-refractivity contribution < 1.29 is 4.74 Å². The Morgan fingerprint density at radius 1 is 1.43 bits per heavy atom. The van der Waals surface area contributed by atoms with Crippen LogP contribution < -0.4 is 10.5 Å². The Balaban J connectivity index is 1.98. The van der Waals surface area contributed by atoms with Crippen LogP contribution in [0, 0.1) is 0 Å². The van der Waals surface area contributed by atoms with E-state index in [1.165, 1.54) is 4.88 Å². The SMILES string of the molecule is Nc1ccnc(OCc2cccs2)c1. The van der Waals surface area contributed by atoms with E-state index in [4.69, 9.17) is 10.5 Å². The van der Waals surface area contributed by atoms with Gasteiger partial charge in [-0.3, -0.25) is 0 Å². The Morgan fingerprint density at radius 2 is 2.36 bits per heavy atom. The minimum absolute atomic E-state index is 0.550.